The number of rotatable bonds is 10. The Hall–Kier alpha value is -1.06. The van der Waals surface area contributed by atoms with Crippen LogP contribution in [0.1, 0.15) is 32.3 Å². The van der Waals surface area contributed by atoms with Gasteiger partial charge in [-0.15, -0.1) is 0 Å². The number of ether oxygens (including phenoxy) is 1. The number of anilines is 1. The molecule has 1 aromatic rings. The summed E-state index contributed by atoms with van der Waals surface area (Å²) in [6.07, 6.45) is 2.15. The Kier molecular flexibility index (Phi) is 8.31. The molecule has 0 atom stereocenters. The van der Waals surface area contributed by atoms with Crippen LogP contribution in [0.3, 0.4) is 0 Å². The van der Waals surface area contributed by atoms with E-state index in [-0.39, 0.29) is 0 Å². The predicted octanol–water partition coefficient (Wildman–Crippen LogP) is 3.21. The lowest BCUT2D eigenvalue weighted by Crippen LogP contribution is -2.30. The highest BCUT2D eigenvalue weighted by Crippen LogP contribution is 2.19. The minimum absolute atomic E-state index is 0.708. The predicted molar refractivity (Wildman–Crippen MR) is 87.3 cm³/mol. The molecule has 0 aliphatic rings. The third kappa shape index (κ3) is 6.40. The van der Waals surface area contributed by atoms with E-state index in [1.165, 1.54) is 11.3 Å². The van der Waals surface area contributed by atoms with Gasteiger partial charge in [0.05, 0.1) is 6.61 Å². The van der Waals surface area contributed by atoms with Crippen LogP contribution in [-0.4, -0.2) is 32.8 Å². The molecular weight excluding hydrogens is 248 g/mol. The Balaban J connectivity index is 2.46. The summed E-state index contributed by atoms with van der Waals surface area (Å²) in [4.78, 5) is 2.39. The van der Waals surface area contributed by atoms with Gasteiger partial charge >= 0.3 is 0 Å². The highest BCUT2D eigenvalue weighted by molar-refractivity contribution is 5.52. The van der Waals surface area contributed by atoms with E-state index in [4.69, 9.17) is 10.5 Å². The average molecular weight is 278 g/mol. The number of aryl methyl sites for hydroxylation is 1. The largest absolute Gasteiger partial charge is 0.380 e. The van der Waals surface area contributed by atoms with Gasteiger partial charge in [-0.25, -0.2) is 0 Å². The number of hydrogen-bond acceptors (Lipinski definition) is 3. The topological polar surface area (TPSA) is 38.5 Å². The maximum absolute atomic E-state index is 5.74. The number of para-hydroxylation sites is 1. The highest BCUT2D eigenvalue weighted by Gasteiger charge is 2.08. The summed E-state index contributed by atoms with van der Waals surface area (Å²) in [7, 11) is 0. The lowest BCUT2D eigenvalue weighted by atomic mass is 10.1. The molecule has 0 unspecified atom stereocenters. The van der Waals surface area contributed by atoms with E-state index in [2.05, 4.69) is 49.9 Å². The molecule has 2 N–H and O–H groups in total. The molecule has 1 rings (SSSR count). The molecule has 20 heavy (non-hydrogen) atoms. The van der Waals surface area contributed by atoms with Crippen molar-refractivity contribution in [2.45, 2.75) is 33.6 Å². The van der Waals surface area contributed by atoms with Gasteiger partial charge in [0, 0.05) is 25.4 Å². The Morgan fingerprint density at radius 2 is 1.90 bits per heavy atom. The standard InChI is InChI=1S/C17H30N2O/c1-15(2)9-13-20-14-12-19(11-6-10-18)17-8-5-4-7-16(17)3/h4-5,7-8,15H,6,9-14,18H2,1-3H3. The Morgan fingerprint density at radius 3 is 2.55 bits per heavy atom. The van der Waals surface area contributed by atoms with E-state index in [9.17, 15) is 0 Å². The van der Waals surface area contributed by atoms with Crippen molar-refractivity contribution in [3.05, 3.63) is 29.8 Å². The van der Waals surface area contributed by atoms with E-state index in [1.807, 2.05) is 0 Å². The summed E-state index contributed by atoms with van der Waals surface area (Å²) in [5, 5.41) is 0. The van der Waals surface area contributed by atoms with E-state index < -0.39 is 0 Å². The molecule has 0 aliphatic carbocycles. The lowest BCUT2D eigenvalue weighted by Gasteiger charge is -2.26. The fourth-order valence-corrected chi connectivity index (χ4v) is 2.15. The molecule has 0 fully saturated rings. The van der Waals surface area contributed by atoms with Crippen molar-refractivity contribution >= 4 is 5.69 Å². The van der Waals surface area contributed by atoms with Gasteiger partial charge < -0.3 is 15.4 Å². The summed E-state index contributed by atoms with van der Waals surface area (Å²) in [5.74, 6) is 0.708. The van der Waals surface area contributed by atoms with Crippen molar-refractivity contribution in [1.29, 1.82) is 0 Å². The van der Waals surface area contributed by atoms with Gasteiger partial charge in [-0.3, -0.25) is 0 Å². The quantitative estimate of drug-likeness (QED) is 0.668. The average Bonchev–Trinajstić information content (AvgIpc) is 2.42. The molecule has 1 aromatic carbocycles. The molecule has 0 bridgehead atoms. The molecule has 0 amide bonds. The molecule has 0 saturated carbocycles. The third-order valence-electron chi connectivity index (χ3n) is 3.43. The van der Waals surface area contributed by atoms with Crippen molar-refractivity contribution < 1.29 is 4.74 Å². The molecule has 0 aliphatic heterocycles. The van der Waals surface area contributed by atoms with Crippen LogP contribution < -0.4 is 10.6 Å². The van der Waals surface area contributed by atoms with Gasteiger partial charge in [0.15, 0.2) is 0 Å². The highest BCUT2D eigenvalue weighted by atomic mass is 16.5. The van der Waals surface area contributed by atoms with Crippen molar-refractivity contribution in [1.82, 2.24) is 0 Å². The molecule has 3 heteroatoms. The van der Waals surface area contributed by atoms with Crippen molar-refractivity contribution in [2.24, 2.45) is 11.7 Å². The van der Waals surface area contributed by atoms with E-state index in [0.717, 1.165) is 45.7 Å². The van der Waals surface area contributed by atoms with Gasteiger partial charge in [0.1, 0.15) is 0 Å². The summed E-state index contributed by atoms with van der Waals surface area (Å²) in [6, 6.07) is 8.51. The monoisotopic (exact) mass is 278 g/mol. The number of benzene rings is 1. The summed E-state index contributed by atoms with van der Waals surface area (Å²) >= 11 is 0. The number of nitrogens with zero attached hydrogens (tertiary/aromatic N) is 1. The maximum Gasteiger partial charge on any atom is 0.0641 e. The van der Waals surface area contributed by atoms with Crippen LogP contribution in [0.4, 0.5) is 5.69 Å². The molecule has 0 spiro atoms. The van der Waals surface area contributed by atoms with Crippen LogP contribution in [0.15, 0.2) is 24.3 Å². The van der Waals surface area contributed by atoms with Gasteiger partial charge in [-0.05, 0) is 43.9 Å². The van der Waals surface area contributed by atoms with Crippen LogP contribution in [0, 0.1) is 12.8 Å². The van der Waals surface area contributed by atoms with Crippen LogP contribution >= 0.6 is 0 Å². The second kappa shape index (κ2) is 9.78. The van der Waals surface area contributed by atoms with E-state index >= 15 is 0 Å². The van der Waals surface area contributed by atoms with Gasteiger partial charge in [-0.1, -0.05) is 32.0 Å². The molecular formula is C17H30N2O. The smallest absolute Gasteiger partial charge is 0.0641 e. The lowest BCUT2D eigenvalue weighted by molar-refractivity contribution is 0.129. The minimum atomic E-state index is 0.708. The van der Waals surface area contributed by atoms with Crippen molar-refractivity contribution in [2.75, 3.05) is 37.7 Å². The molecule has 0 aromatic heterocycles. The van der Waals surface area contributed by atoms with E-state index in [0.29, 0.717) is 5.92 Å². The molecule has 0 saturated heterocycles. The molecule has 3 nitrogen and oxygen atoms in total. The summed E-state index contributed by atoms with van der Waals surface area (Å²) in [5.41, 5.74) is 8.26. The Morgan fingerprint density at radius 1 is 1.15 bits per heavy atom. The Bertz CT molecular complexity index is 366. The van der Waals surface area contributed by atoms with Gasteiger partial charge in [0.25, 0.3) is 0 Å². The number of hydrogen-bond donors (Lipinski definition) is 1. The first-order chi connectivity index (χ1) is 9.65. The first kappa shape index (κ1) is 17.0. The Labute approximate surface area is 124 Å². The van der Waals surface area contributed by atoms with Gasteiger partial charge in [0.2, 0.25) is 0 Å². The molecule has 0 heterocycles. The minimum Gasteiger partial charge on any atom is -0.380 e. The summed E-state index contributed by atoms with van der Waals surface area (Å²) < 4.78 is 5.74. The normalized spacial score (nSPS) is 11.1. The van der Waals surface area contributed by atoms with E-state index in [1.54, 1.807) is 0 Å². The maximum atomic E-state index is 5.74. The zero-order chi connectivity index (χ0) is 14.8. The number of nitrogens with two attached hydrogens (primary N) is 1. The zero-order valence-corrected chi connectivity index (χ0v) is 13.3. The zero-order valence-electron chi connectivity index (χ0n) is 13.3. The first-order valence-electron chi connectivity index (χ1n) is 7.73. The molecule has 114 valence electrons. The van der Waals surface area contributed by atoms with Crippen LogP contribution in [0.2, 0.25) is 0 Å². The summed E-state index contributed by atoms with van der Waals surface area (Å²) in [6.45, 7) is 10.9. The van der Waals surface area contributed by atoms with Crippen molar-refractivity contribution in [3.63, 3.8) is 0 Å². The fraction of sp³-hybridized carbons (Fsp3) is 0.647. The SMILES string of the molecule is Cc1ccccc1N(CCCN)CCOCCC(C)C. The van der Waals surface area contributed by atoms with Crippen LogP contribution in [0.5, 0.6) is 0 Å². The second-order valence-electron chi connectivity index (χ2n) is 5.71. The third-order valence-corrected chi connectivity index (χ3v) is 3.43. The fourth-order valence-electron chi connectivity index (χ4n) is 2.15. The van der Waals surface area contributed by atoms with Crippen LogP contribution in [-0.2, 0) is 4.74 Å². The second-order valence-corrected chi connectivity index (χ2v) is 5.71. The molecule has 0 radical (unpaired) electrons. The van der Waals surface area contributed by atoms with Gasteiger partial charge in [-0.2, -0.15) is 0 Å². The first-order valence-corrected chi connectivity index (χ1v) is 7.73. The van der Waals surface area contributed by atoms with Crippen LogP contribution in [0.25, 0.3) is 0 Å². The van der Waals surface area contributed by atoms with Crippen molar-refractivity contribution in [3.8, 4) is 0 Å².